The van der Waals surface area contributed by atoms with Gasteiger partial charge < -0.3 is 15.5 Å². The van der Waals surface area contributed by atoms with Crippen molar-refractivity contribution in [1.82, 2.24) is 15.1 Å². The Morgan fingerprint density at radius 1 is 1.03 bits per heavy atom. The van der Waals surface area contributed by atoms with Crippen LogP contribution in [0.2, 0.25) is 0 Å². The van der Waals surface area contributed by atoms with E-state index in [2.05, 4.69) is 36.8 Å². The van der Waals surface area contributed by atoms with Crippen molar-refractivity contribution >= 4 is 50.6 Å². The van der Waals surface area contributed by atoms with Gasteiger partial charge in [0.1, 0.15) is 5.01 Å². The lowest BCUT2D eigenvalue weighted by Crippen LogP contribution is -2.41. The molecule has 7 nitrogen and oxygen atoms in total. The molecule has 2 aromatic carbocycles. The van der Waals surface area contributed by atoms with Crippen LogP contribution in [-0.2, 0) is 0 Å². The Hall–Kier alpha value is -2.78. The first-order chi connectivity index (χ1) is 14.6. The van der Waals surface area contributed by atoms with Gasteiger partial charge in [-0.1, -0.05) is 41.7 Å². The number of amides is 3. The van der Waals surface area contributed by atoms with Gasteiger partial charge >= 0.3 is 6.03 Å². The fourth-order valence-electron chi connectivity index (χ4n) is 3.32. The van der Waals surface area contributed by atoms with E-state index in [1.54, 1.807) is 4.90 Å². The molecule has 9 heteroatoms. The first-order valence-electron chi connectivity index (χ1n) is 9.60. The first-order valence-corrected chi connectivity index (χ1v) is 11.2. The van der Waals surface area contributed by atoms with Crippen molar-refractivity contribution in [2.75, 3.05) is 23.7 Å². The number of benzene rings is 2. The number of piperidine rings is 1. The maximum atomic E-state index is 12.7. The molecule has 0 bridgehead atoms. The zero-order chi connectivity index (χ0) is 20.9. The van der Waals surface area contributed by atoms with E-state index in [9.17, 15) is 9.59 Å². The van der Waals surface area contributed by atoms with E-state index in [1.807, 2.05) is 54.6 Å². The molecular weight excluding hydrogens is 466 g/mol. The molecular formula is C21H20BrN5O2S. The number of hydrogen-bond acceptors (Lipinski definition) is 5. The molecule has 1 aliphatic rings. The Labute approximate surface area is 186 Å². The van der Waals surface area contributed by atoms with Crippen LogP contribution in [0.4, 0.5) is 16.2 Å². The fourth-order valence-corrected chi connectivity index (χ4v) is 4.57. The SMILES string of the molecule is O=C(Nc1ccccc1)c1nnc([C@@H]2CCCN(C(=O)Nc3ccccc3Br)C2)s1. The molecule has 2 heterocycles. The maximum absolute atomic E-state index is 12.7. The Kier molecular flexibility index (Phi) is 6.39. The van der Waals surface area contributed by atoms with E-state index in [4.69, 9.17) is 0 Å². The number of urea groups is 1. The summed E-state index contributed by atoms with van der Waals surface area (Å²) in [5.41, 5.74) is 1.45. The summed E-state index contributed by atoms with van der Waals surface area (Å²) in [5.74, 6) is -0.205. The molecule has 0 unspecified atom stereocenters. The predicted molar refractivity (Wildman–Crippen MR) is 121 cm³/mol. The molecule has 1 saturated heterocycles. The number of nitrogens with one attached hydrogen (secondary N) is 2. The van der Waals surface area contributed by atoms with Gasteiger partial charge in [0.2, 0.25) is 5.01 Å². The summed E-state index contributed by atoms with van der Waals surface area (Å²) in [5, 5.41) is 15.2. The molecule has 3 aromatic rings. The summed E-state index contributed by atoms with van der Waals surface area (Å²) in [7, 11) is 0. The lowest BCUT2D eigenvalue weighted by Gasteiger charge is -2.31. The monoisotopic (exact) mass is 485 g/mol. The van der Waals surface area contributed by atoms with E-state index in [0.717, 1.165) is 28.0 Å². The second kappa shape index (κ2) is 9.36. The molecule has 1 aliphatic heterocycles. The van der Waals surface area contributed by atoms with Gasteiger partial charge in [0, 0.05) is 29.2 Å². The molecule has 3 amide bonds. The maximum Gasteiger partial charge on any atom is 0.321 e. The van der Waals surface area contributed by atoms with E-state index in [1.165, 1.54) is 11.3 Å². The van der Waals surface area contributed by atoms with E-state index in [0.29, 0.717) is 23.8 Å². The van der Waals surface area contributed by atoms with Gasteiger partial charge in [0.05, 0.1) is 5.69 Å². The third-order valence-corrected chi connectivity index (χ3v) is 6.62. The number of rotatable bonds is 4. The highest BCUT2D eigenvalue weighted by Gasteiger charge is 2.28. The van der Waals surface area contributed by atoms with Gasteiger partial charge in [0.25, 0.3) is 5.91 Å². The molecule has 1 aromatic heterocycles. The molecule has 2 N–H and O–H groups in total. The van der Waals surface area contributed by atoms with Crippen LogP contribution in [0.5, 0.6) is 0 Å². The minimum absolute atomic E-state index is 0.0690. The number of anilines is 2. The van der Waals surface area contributed by atoms with Crippen LogP contribution < -0.4 is 10.6 Å². The highest BCUT2D eigenvalue weighted by molar-refractivity contribution is 9.10. The number of aromatic nitrogens is 2. The minimum atomic E-state index is -0.274. The minimum Gasteiger partial charge on any atom is -0.324 e. The Balaban J connectivity index is 1.39. The van der Waals surface area contributed by atoms with Crippen molar-refractivity contribution in [3.8, 4) is 0 Å². The summed E-state index contributed by atoms with van der Waals surface area (Å²) >= 11 is 4.74. The molecule has 1 atom stereocenters. The molecule has 1 fully saturated rings. The zero-order valence-corrected chi connectivity index (χ0v) is 18.4. The second-order valence-electron chi connectivity index (χ2n) is 6.96. The van der Waals surface area contributed by atoms with Gasteiger partial charge in [0.15, 0.2) is 0 Å². The van der Waals surface area contributed by atoms with Crippen LogP contribution in [-0.4, -0.2) is 40.1 Å². The number of carbonyl (C=O) groups is 2. The quantitative estimate of drug-likeness (QED) is 0.546. The number of nitrogens with zero attached hydrogens (tertiary/aromatic N) is 3. The lowest BCUT2D eigenvalue weighted by molar-refractivity contribution is 0.102. The third kappa shape index (κ3) is 4.85. The first kappa shape index (κ1) is 20.5. The van der Waals surface area contributed by atoms with Gasteiger partial charge in [-0.15, -0.1) is 10.2 Å². The van der Waals surface area contributed by atoms with E-state index < -0.39 is 0 Å². The fraction of sp³-hybridized carbons (Fsp3) is 0.238. The van der Waals surface area contributed by atoms with Crippen molar-refractivity contribution in [3.05, 3.63) is 69.1 Å². The van der Waals surface area contributed by atoms with Crippen LogP contribution in [0.25, 0.3) is 0 Å². The number of likely N-dealkylation sites (tertiary alicyclic amines) is 1. The molecule has 0 aliphatic carbocycles. The average Bonchev–Trinajstić information content (AvgIpc) is 3.27. The predicted octanol–water partition coefficient (Wildman–Crippen LogP) is 4.96. The Morgan fingerprint density at radius 3 is 2.60 bits per heavy atom. The summed E-state index contributed by atoms with van der Waals surface area (Å²) < 4.78 is 0.838. The van der Waals surface area contributed by atoms with Crippen molar-refractivity contribution in [1.29, 1.82) is 0 Å². The largest absolute Gasteiger partial charge is 0.324 e. The Bertz CT molecular complexity index is 1040. The zero-order valence-electron chi connectivity index (χ0n) is 16.0. The number of para-hydroxylation sites is 2. The van der Waals surface area contributed by atoms with Crippen molar-refractivity contribution in [2.24, 2.45) is 0 Å². The Morgan fingerprint density at radius 2 is 1.80 bits per heavy atom. The van der Waals surface area contributed by atoms with Gasteiger partial charge in [-0.3, -0.25) is 4.79 Å². The van der Waals surface area contributed by atoms with Crippen LogP contribution in [0.1, 0.15) is 33.6 Å². The van der Waals surface area contributed by atoms with Crippen LogP contribution in [0.3, 0.4) is 0 Å². The molecule has 0 radical (unpaired) electrons. The summed E-state index contributed by atoms with van der Waals surface area (Å²) in [6.07, 6.45) is 1.78. The molecule has 30 heavy (non-hydrogen) atoms. The highest BCUT2D eigenvalue weighted by Crippen LogP contribution is 2.30. The van der Waals surface area contributed by atoms with Crippen molar-refractivity contribution < 1.29 is 9.59 Å². The summed E-state index contributed by atoms with van der Waals surface area (Å²) in [4.78, 5) is 26.9. The number of carbonyl (C=O) groups excluding carboxylic acids is 2. The number of halogens is 1. The van der Waals surface area contributed by atoms with Gasteiger partial charge in [-0.25, -0.2) is 4.79 Å². The van der Waals surface area contributed by atoms with Crippen molar-refractivity contribution in [3.63, 3.8) is 0 Å². The third-order valence-electron chi connectivity index (χ3n) is 4.84. The number of hydrogen-bond donors (Lipinski definition) is 2. The van der Waals surface area contributed by atoms with Crippen molar-refractivity contribution in [2.45, 2.75) is 18.8 Å². The average molecular weight is 486 g/mol. The molecule has 0 saturated carbocycles. The van der Waals surface area contributed by atoms with Crippen LogP contribution in [0, 0.1) is 0 Å². The highest BCUT2D eigenvalue weighted by atomic mass is 79.9. The lowest BCUT2D eigenvalue weighted by atomic mass is 9.99. The van der Waals surface area contributed by atoms with Crippen LogP contribution in [0.15, 0.2) is 59.1 Å². The van der Waals surface area contributed by atoms with Gasteiger partial charge in [-0.05, 0) is 53.0 Å². The van der Waals surface area contributed by atoms with Crippen LogP contribution >= 0.6 is 27.3 Å². The van der Waals surface area contributed by atoms with E-state index >= 15 is 0 Å². The normalized spacial score (nSPS) is 16.2. The van der Waals surface area contributed by atoms with E-state index in [-0.39, 0.29) is 17.9 Å². The second-order valence-corrected chi connectivity index (χ2v) is 8.82. The smallest absolute Gasteiger partial charge is 0.321 e. The molecule has 0 spiro atoms. The summed E-state index contributed by atoms with van der Waals surface area (Å²) in [6, 6.07) is 16.6. The standard InChI is InChI=1S/C21H20BrN5O2S/c22-16-10-4-5-11-17(16)24-21(29)27-12-6-7-14(13-27)19-25-26-20(30-19)18(28)23-15-8-2-1-3-9-15/h1-5,8-11,14H,6-7,12-13H2,(H,23,28)(H,24,29)/t14-/m1/s1. The van der Waals surface area contributed by atoms with Gasteiger partial charge in [-0.2, -0.15) is 0 Å². The molecule has 4 rings (SSSR count). The topological polar surface area (TPSA) is 87.2 Å². The molecule has 154 valence electrons. The summed E-state index contributed by atoms with van der Waals surface area (Å²) in [6.45, 7) is 1.23.